The molecule has 28 heavy (non-hydrogen) atoms. The Kier molecular flexibility index (Phi) is 4.79. The maximum absolute atomic E-state index is 13.1. The molecule has 3 aromatic carbocycles. The Morgan fingerprint density at radius 2 is 1.68 bits per heavy atom. The zero-order valence-corrected chi connectivity index (χ0v) is 16.0. The highest BCUT2D eigenvalue weighted by atomic mass is 32.2. The van der Waals surface area contributed by atoms with Crippen molar-refractivity contribution in [2.24, 2.45) is 0 Å². The second kappa shape index (κ2) is 7.40. The SMILES string of the molecule is CCN1C(=O)c2ccccc2S(=O)c2ccc(C(=O)Nc3ccccc3)cc21. The number of nitrogens with zero attached hydrogens (tertiary/aromatic N) is 1. The van der Waals surface area contributed by atoms with E-state index in [4.69, 9.17) is 0 Å². The van der Waals surface area contributed by atoms with Gasteiger partial charge in [0.1, 0.15) is 0 Å². The minimum Gasteiger partial charge on any atom is -0.322 e. The molecule has 0 saturated heterocycles. The second-order valence-electron chi connectivity index (χ2n) is 6.32. The summed E-state index contributed by atoms with van der Waals surface area (Å²) in [6, 6.07) is 21.0. The topological polar surface area (TPSA) is 66.5 Å². The first-order valence-corrected chi connectivity index (χ1v) is 10.1. The molecule has 1 N–H and O–H groups in total. The van der Waals surface area contributed by atoms with Crippen LogP contribution in [0.2, 0.25) is 0 Å². The van der Waals surface area contributed by atoms with Crippen LogP contribution < -0.4 is 10.2 Å². The van der Waals surface area contributed by atoms with Gasteiger partial charge in [0.15, 0.2) is 0 Å². The van der Waals surface area contributed by atoms with Crippen LogP contribution in [0.1, 0.15) is 27.6 Å². The maximum Gasteiger partial charge on any atom is 0.259 e. The summed E-state index contributed by atoms with van der Waals surface area (Å²) in [4.78, 5) is 28.3. The first kappa shape index (κ1) is 18.1. The molecular formula is C22H18N2O3S. The summed E-state index contributed by atoms with van der Waals surface area (Å²) in [7, 11) is -1.50. The van der Waals surface area contributed by atoms with Crippen molar-refractivity contribution in [2.75, 3.05) is 16.8 Å². The van der Waals surface area contributed by atoms with Gasteiger partial charge in [0, 0.05) is 17.8 Å². The van der Waals surface area contributed by atoms with Crippen molar-refractivity contribution in [2.45, 2.75) is 16.7 Å². The minimum absolute atomic E-state index is 0.217. The average molecular weight is 390 g/mol. The van der Waals surface area contributed by atoms with E-state index >= 15 is 0 Å². The first-order chi connectivity index (χ1) is 13.6. The van der Waals surface area contributed by atoms with Gasteiger partial charge in [0.25, 0.3) is 11.8 Å². The Labute approximate surface area is 165 Å². The van der Waals surface area contributed by atoms with Gasteiger partial charge < -0.3 is 10.2 Å². The molecular weight excluding hydrogens is 372 g/mol. The summed E-state index contributed by atoms with van der Waals surface area (Å²) >= 11 is 0. The van der Waals surface area contributed by atoms with Crippen molar-refractivity contribution in [3.05, 3.63) is 83.9 Å². The molecule has 1 heterocycles. The van der Waals surface area contributed by atoms with Gasteiger partial charge in [-0.2, -0.15) is 0 Å². The zero-order chi connectivity index (χ0) is 19.7. The molecule has 0 aromatic heterocycles. The summed E-state index contributed by atoms with van der Waals surface area (Å²) in [6.07, 6.45) is 0. The van der Waals surface area contributed by atoms with Crippen LogP contribution in [0.25, 0.3) is 0 Å². The molecule has 0 spiro atoms. The Hall–Kier alpha value is -3.25. The predicted octanol–water partition coefficient (Wildman–Crippen LogP) is 4.09. The molecule has 6 heteroatoms. The average Bonchev–Trinajstić information content (AvgIpc) is 2.82. The predicted molar refractivity (Wildman–Crippen MR) is 109 cm³/mol. The summed E-state index contributed by atoms with van der Waals surface area (Å²) in [5, 5.41) is 2.83. The molecule has 1 unspecified atom stereocenters. The summed E-state index contributed by atoms with van der Waals surface area (Å²) < 4.78 is 13.1. The molecule has 1 atom stereocenters. The largest absolute Gasteiger partial charge is 0.322 e. The molecule has 4 rings (SSSR count). The van der Waals surface area contributed by atoms with E-state index < -0.39 is 10.8 Å². The molecule has 0 fully saturated rings. The third-order valence-electron chi connectivity index (χ3n) is 4.62. The molecule has 5 nitrogen and oxygen atoms in total. The van der Waals surface area contributed by atoms with Crippen molar-refractivity contribution in [3.8, 4) is 0 Å². The number of benzene rings is 3. The van der Waals surface area contributed by atoms with E-state index in [-0.39, 0.29) is 11.8 Å². The molecule has 2 amide bonds. The van der Waals surface area contributed by atoms with E-state index in [1.54, 1.807) is 59.5 Å². The van der Waals surface area contributed by atoms with E-state index in [0.717, 1.165) is 0 Å². The smallest absolute Gasteiger partial charge is 0.259 e. The van der Waals surface area contributed by atoms with Crippen molar-refractivity contribution in [1.29, 1.82) is 0 Å². The number of anilines is 2. The van der Waals surface area contributed by atoms with Gasteiger partial charge in [-0.1, -0.05) is 30.3 Å². The quantitative estimate of drug-likeness (QED) is 0.733. The van der Waals surface area contributed by atoms with Crippen LogP contribution in [0.3, 0.4) is 0 Å². The Bertz CT molecular complexity index is 1100. The van der Waals surface area contributed by atoms with E-state index in [1.165, 1.54) is 0 Å². The molecule has 1 aliphatic heterocycles. The van der Waals surface area contributed by atoms with Gasteiger partial charge in [-0.15, -0.1) is 0 Å². The van der Waals surface area contributed by atoms with Crippen molar-refractivity contribution in [1.82, 2.24) is 0 Å². The molecule has 0 bridgehead atoms. The summed E-state index contributed by atoms with van der Waals surface area (Å²) in [5.74, 6) is -0.504. The Morgan fingerprint density at radius 1 is 0.964 bits per heavy atom. The van der Waals surface area contributed by atoms with Crippen LogP contribution in [0.15, 0.2) is 82.6 Å². The van der Waals surface area contributed by atoms with Crippen LogP contribution in [-0.4, -0.2) is 22.6 Å². The van der Waals surface area contributed by atoms with Gasteiger partial charge in [0.2, 0.25) is 0 Å². The number of rotatable bonds is 3. The van der Waals surface area contributed by atoms with Crippen molar-refractivity contribution >= 4 is 34.0 Å². The Morgan fingerprint density at radius 3 is 2.43 bits per heavy atom. The van der Waals surface area contributed by atoms with Crippen molar-refractivity contribution < 1.29 is 13.8 Å². The lowest BCUT2D eigenvalue weighted by molar-refractivity contribution is 0.0982. The van der Waals surface area contributed by atoms with Crippen molar-refractivity contribution in [3.63, 3.8) is 0 Å². The molecule has 0 aliphatic carbocycles. The van der Waals surface area contributed by atoms with Crippen LogP contribution in [0.4, 0.5) is 11.4 Å². The van der Waals surface area contributed by atoms with Crippen LogP contribution in [0.5, 0.6) is 0 Å². The number of hydrogen-bond acceptors (Lipinski definition) is 3. The van der Waals surface area contributed by atoms with Crippen LogP contribution >= 0.6 is 0 Å². The lowest BCUT2D eigenvalue weighted by atomic mass is 10.1. The Balaban J connectivity index is 1.78. The number of amides is 2. The number of carbonyl (C=O) groups excluding carboxylic acids is 2. The van der Waals surface area contributed by atoms with Crippen LogP contribution in [-0.2, 0) is 10.8 Å². The third-order valence-corrected chi connectivity index (χ3v) is 6.12. The fourth-order valence-electron chi connectivity index (χ4n) is 3.24. The number of fused-ring (bicyclic) bond motifs is 2. The lowest BCUT2D eigenvalue weighted by Crippen LogP contribution is -2.30. The molecule has 3 aromatic rings. The van der Waals surface area contributed by atoms with Gasteiger partial charge >= 0.3 is 0 Å². The highest BCUT2D eigenvalue weighted by Crippen LogP contribution is 2.35. The van der Waals surface area contributed by atoms with Gasteiger partial charge in [-0.05, 0) is 49.4 Å². The van der Waals surface area contributed by atoms with E-state index in [0.29, 0.717) is 38.8 Å². The van der Waals surface area contributed by atoms with Gasteiger partial charge in [0.05, 0.1) is 31.8 Å². The van der Waals surface area contributed by atoms with Gasteiger partial charge in [-0.3, -0.25) is 9.59 Å². The minimum atomic E-state index is -1.50. The van der Waals surface area contributed by atoms with E-state index in [1.807, 2.05) is 25.1 Å². The number of hydrogen-bond donors (Lipinski definition) is 1. The van der Waals surface area contributed by atoms with Gasteiger partial charge in [-0.25, -0.2) is 4.21 Å². The first-order valence-electron chi connectivity index (χ1n) is 8.93. The normalized spacial score (nSPS) is 15.4. The second-order valence-corrected chi connectivity index (χ2v) is 7.73. The molecule has 140 valence electrons. The van der Waals surface area contributed by atoms with E-state index in [9.17, 15) is 13.8 Å². The number of nitrogens with one attached hydrogen (secondary N) is 1. The zero-order valence-electron chi connectivity index (χ0n) is 15.2. The monoisotopic (exact) mass is 390 g/mol. The highest BCUT2D eigenvalue weighted by Gasteiger charge is 2.30. The summed E-state index contributed by atoms with van der Waals surface area (Å²) in [6.45, 7) is 2.26. The number of carbonyl (C=O) groups is 2. The fraction of sp³-hybridized carbons (Fsp3) is 0.0909. The summed E-state index contributed by atoms with van der Waals surface area (Å²) in [5.41, 5.74) is 2.01. The molecule has 0 saturated carbocycles. The highest BCUT2D eigenvalue weighted by molar-refractivity contribution is 7.85. The fourth-order valence-corrected chi connectivity index (χ4v) is 4.59. The number of para-hydroxylation sites is 1. The van der Waals surface area contributed by atoms with Crippen LogP contribution in [0, 0.1) is 0 Å². The maximum atomic E-state index is 13.1. The standard InChI is InChI=1S/C22H18N2O3S/c1-2-24-18-14-15(21(25)23-16-8-4-3-5-9-16)12-13-20(18)28(27)19-11-7-6-10-17(19)22(24)26/h3-14H,2H2,1H3,(H,23,25). The van der Waals surface area contributed by atoms with E-state index in [2.05, 4.69) is 5.32 Å². The lowest BCUT2D eigenvalue weighted by Gasteiger charge is -2.21. The third kappa shape index (κ3) is 3.12. The molecule has 0 radical (unpaired) electrons. The molecule has 1 aliphatic rings.